The van der Waals surface area contributed by atoms with E-state index in [1.165, 1.54) is 0 Å². The van der Waals surface area contributed by atoms with Crippen LogP contribution in [0.5, 0.6) is 0 Å². The van der Waals surface area contributed by atoms with E-state index in [0.717, 1.165) is 57.9 Å². The molecule has 1 rings (SSSR count). The van der Waals surface area contributed by atoms with Crippen LogP contribution in [0.4, 0.5) is 0 Å². The highest BCUT2D eigenvalue weighted by Crippen LogP contribution is 2.23. The first-order chi connectivity index (χ1) is 8.24. The van der Waals surface area contributed by atoms with E-state index >= 15 is 0 Å². The second-order valence-corrected chi connectivity index (χ2v) is 5.05. The molecule has 0 heterocycles. The average molecular weight is 242 g/mol. The first-order valence-electron chi connectivity index (χ1n) is 6.88. The number of hydrogen-bond acceptors (Lipinski definition) is 3. The molecule has 1 amide bonds. The van der Waals surface area contributed by atoms with Crippen LogP contribution in [0.15, 0.2) is 0 Å². The predicted octanol–water partition coefficient (Wildman–Crippen LogP) is 1.17. The fraction of sp³-hybridized carbons (Fsp3) is 0.923. The summed E-state index contributed by atoms with van der Waals surface area (Å²) >= 11 is 0. The Hall–Kier alpha value is -0.610. The lowest BCUT2D eigenvalue weighted by atomic mass is 9.85. The fourth-order valence-electron chi connectivity index (χ4n) is 2.41. The van der Waals surface area contributed by atoms with Gasteiger partial charge in [-0.25, -0.2) is 0 Å². The highest BCUT2D eigenvalue weighted by Gasteiger charge is 2.24. The van der Waals surface area contributed by atoms with Crippen LogP contribution in [0.25, 0.3) is 0 Å². The average Bonchev–Trinajstić information content (AvgIpc) is 2.33. The van der Waals surface area contributed by atoms with E-state index in [0.29, 0.717) is 0 Å². The summed E-state index contributed by atoms with van der Waals surface area (Å²) in [6.07, 6.45) is 7.96. The zero-order chi connectivity index (χ0) is 12.5. The van der Waals surface area contributed by atoms with Crippen molar-refractivity contribution in [1.29, 1.82) is 0 Å². The quantitative estimate of drug-likeness (QED) is 0.587. The van der Waals surface area contributed by atoms with E-state index in [1.807, 2.05) is 0 Å². The molecule has 17 heavy (non-hydrogen) atoms. The second-order valence-electron chi connectivity index (χ2n) is 5.05. The molecular weight excluding hydrogens is 216 g/mol. The maximum atomic E-state index is 11.8. The monoisotopic (exact) mass is 242 g/mol. The lowest BCUT2D eigenvalue weighted by Gasteiger charge is -2.25. The van der Waals surface area contributed by atoms with Crippen LogP contribution in [0.3, 0.4) is 0 Å². The molecule has 2 atom stereocenters. The molecule has 0 aromatic carbocycles. The number of carbonyl (C=O) groups excluding carboxylic acids is 1. The van der Waals surface area contributed by atoms with Crippen LogP contribution in [-0.2, 0) is 4.79 Å². The number of aliphatic hydroxyl groups is 1. The Labute approximate surface area is 104 Å². The highest BCUT2D eigenvalue weighted by molar-refractivity contribution is 5.78. The topological polar surface area (TPSA) is 75.4 Å². The van der Waals surface area contributed by atoms with Gasteiger partial charge in [0.05, 0.1) is 0 Å². The van der Waals surface area contributed by atoms with Gasteiger partial charge in [-0.2, -0.15) is 0 Å². The first kappa shape index (κ1) is 14.5. The van der Waals surface area contributed by atoms with Gasteiger partial charge in [-0.1, -0.05) is 19.3 Å². The molecule has 0 saturated heterocycles. The van der Waals surface area contributed by atoms with Gasteiger partial charge in [0.2, 0.25) is 5.91 Å². The van der Waals surface area contributed by atoms with Crippen molar-refractivity contribution in [3.63, 3.8) is 0 Å². The lowest BCUT2D eigenvalue weighted by molar-refractivity contribution is -0.126. The third kappa shape index (κ3) is 6.03. The maximum Gasteiger partial charge on any atom is 0.223 e. The summed E-state index contributed by atoms with van der Waals surface area (Å²) in [5.74, 6) is 0.318. The molecule has 0 spiro atoms. The number of amides is 1. The van der Waals surface area contributed by atoms with Gasteiger partial charge in [0.25, 0.3) is 0 Å². The number of unbranched alkanes of at least 4 members (excludes halogenated alkanes) is 3. The third-order valence-corrected chi connectivity index (χ3v) is 3.47. The van der Waals surface area contributed by atoms with E-state index in [1.54, 1.807) is 0 Å². The van der Waals surface area contributed by atoms with Crippen LogP contribution in [0.2, 0.25) is 0 Å². The van der Waals surface area contributed by atoms with Crippen LogP contribution in [0.1, 0.15) is 51.4 Å². The minimum Gasteiger partial charge on any atom is -0.396 e. The van der Waals surface area contributed by atoms with E-state index in [4.69, 9.17) is 10.8 Å². The summed E-state index contributed by atoms with van der Waals surface area (Å²) in [6.45, 7) is 1.03. The molecule has 4 heteroatoms. The number of nitrogens with one attached hydrogen (secondary N) is 1. The SMILES string of the molecule is NC1CCCC(C(=O)NCCCCCCO)C1. The van der Waals surface area contributed by atoms with Crippen LogP contribution in [0, 0.1) is 5.92 Å². The number of rotatable bonds is 7. The molecule has 0 radical (unpaired) electrons. The molecule has 1 aliphatic rings. The van der Waals surface area contributed by atoms with Gasteiger partial charge in [0, 0.05) is 25.1 Å². The fourth-order valence-corrected chi connectivity index (χ4v) is 2.41. The number of aliphatic hydroxyl groups excluding tert-OH is 1. The largest absolute Gasteiger partial charge is 0.396 e. The first-order valence-corrected chi connectivity index (χ1v) is 6.88. The Kier molecular flexibility index (Phi) is 7.21. The van der Waals surface area contributed by atoms with Crippen molar-refractivity contribution < 1.29 is 9.90 Å². The smallest absolute Gasteiger partial charge is 0.223 e. The molecule has 1 aliphatic carbocycles. The Morgan fingerprint density at radius 2 is 2.00 bits per heavy atom. The van der Waals surface area contributed by atoms with Crippen LogP contribution < -0.4 is 11.1 Å². The van der Waals surface area contributed by atoms with Gasteiger partial charge in [-0.3, -0.25) is 4.79 Å². The standard InChI is InChI=1S/C13H26N2O2/c14-12-7-5-6-11(10-12)13(17)15-8-3-1-2-4-9-16/h11-12,16H,1-10,14H2,(H,15,17). The summed E-state index contributed by atoms with van der Waals surface area (Å²) in [5, 5.41) is 11.6. The summed E-state index contributed by atoms with van der Waals surface area (Å²) in [6, 6.07) is 0.212. The van der Waals surface area contributed by atoms with E-state index in [-0.39, 0.29) is 24.5 Å². The molecular formula is C13H26N2O2. The number of hydrogen-bond donors (Lipinski definition) is 3. The zero-order valence-electron chi connectivity index (χ0n) is 10.7. The van der Waals surface area contributed by atoms with Crippen molar-refractivity contribution in [2.45, 2.75) is 57.4 Å². The van der Waals surface area contributed by atoms with E-state index in [9.17, 15) is 4.79 Å². The number of carbonyl (C=O) groups is 1. The molecule has 1 fully saturated rings. The van der Waals surface area contributed by atoms with Gasteiger partial charge < -0.3 is 16.2 Å². The van der Waals surface area contributed by atoms with Crippen molar-refractivity contribution in [3.8, 4) is 0 Å². The van der Waals surface area contributed by atoms with Gasteiger partial charge in [0.15, 0.2) is 0 Å². The van der Waals surface area contributed by atoms with Crippen molar-refractivity contribution >= 4 is 5.91 Å². The molecule has 0 aromatic heterocycles. The lowest BCUT2D eigenvalue weighted by Crippen LogP contribution is -2.38. The van der Waals surface area contributed by atoms with Crippen molar-refractivity contribution in [2.24, 2.45) is 11.7 Å². The number of nitrogens with two attached hydrogens (primary N) is 1. The minimum atomic E-state index is 0.135. The molecule has 0 aliphatic heterocycles. The molecule has 2 unspecified atom stereocenters. The highest BCUT2D eigenvalue weighted by atomic mass is 16.2. The molecule has 1 saturated carbocycles. The Morgan fingerprint density at radius 3 is 2.71 bits per heavy atom. The third-order valence-electron chi connectivity index (χ3n) is 3.47. The van der Waals surface area contributed by atoms with E-state index < -0.39 is 0 Å². The van der Waals surface area contributed by atoms with Gasteiger partial charge >= 0.3 is 0 Å². The normalized spacial score (nSPS) is 24.6. The predicted molar refractivity (Wildman–Crippen MR) is 68.5 cm³/mol. The molecule has 4 N–H and O–H groups in total. The van der Waals surface area contributed by atoms with Crippen molar-refractivity contribution in [3.05, 3.63) is 0 Å². The van der Waals surface area contributed by atoms with Crippen LogP contribution >= 0.6 is 0 Å². The molecule has 100 valence electrons. The summed E-state index contributed by atoms with van der Waals surface area (Å²) in [5.41, 5.74) is 5.87. The minimum absolute atomic E-state index is 0.135. The summed E-state index contributed by atoms with van der Waals surface area (Å²) in [7, 11) is 0. The maximum absolute atomic E-state index is 11.8. The van der Waals surface area contributed by atoms with Crippen LogP contribution in [-0.4, -0.2) is 30.2 Å². The Balaban J connectivity index is 2.04. The van der Waals surface area contributed by atoms with Gasteiger partial charge in [-0.05, 0) is 32.1 Å². The Bertz CT molecular complexity index is 221. The van der Waals surface area contributed by atoms with Crippen molar-refractivity contribution in [1.82, 2.24) is 5.32 Å². The molecule has 4 nitrogen and oxygen atoms in total. The molecule has 0 bridgehead atoms. The van der Waals surface area contributed by atoms with Gasteiger partial charge in [-0.15, -0.1) is 0 Å². The van der Waals surface area contributed by atoms with Crippen molar-refractivity contribution in [2.75, 3.05) is 13.2 Å². The Morgan fingerprint density at radius 1 is 1.24 bits per heavy atom. The van der Waals surface area contributed by atoms with E-state index in [2.05, 4.69) is 5.32 Å². The molecule has 0 aromatic rings. The van der Waals surface area contributed by atoms with Gasteiger partial charge in [0.1, 0.15) is 0 Å². The summed E-state index contributed by atoms with van der Waals surface area (Å²) < 4.78 is 0. The summed E-state index contributed by atoms with van der Waals surface area (Å²) in [4.78, 5) is 11.8. The zero-order valence-corrected chi connectivity index (χ0v) is 10.7. The second kappa shape index (κ2) is 8.48.